The minimum atomic E-state index is 0.597. The van der Waals surface area contributed by atoms with Gasteiger partial charge in [-0.2, -0.15) is 9.78 Å². The minimum absolute atomic E-state index is 0.597. The molecule has 0 aliphatic rings. The molecule has 21 heavy (non-hydrogen) atoms. The molecule has 3 aromatic rings. The van der Waals surface area contributed by atoms with Crippen molar-refractivity contribution in [3.63, 3.8) is 0 Å². The van der Waals surface area contributed by atoms with E-state index in [1.807, 2.05) is 18.2 Å². The van der Waals surface area contributed by atoms with Crippen molar-refractivity contribution in [3.05, 3.63) is 46.2 Å². The Morgan fingerprint density at radius 3 is 2.81 bits per heavy atom. The fourth-order valence-electron chi connectivity index (χ4n) is 1.75. The first-order valence-corrected chi connectivity index (χ1v) is 7.73. The quantitative estimate of drug-likeness (QED) is 0.683. The van der Waals surface area contributed by atoms with E-state index in [4.69, 9.17) is 23.2 Å². The first-order chi connectivity index (χ1) is 10.1. The molecule has 6 nitrogen and oxygen atoms in total. The van der Waals surface area contributed by atoms with Gasteiger partial charge < -0.3 is 0 Å². The normalized spacial score (nSPS) is 11.0. The molecule has 0 bridgehead atoms. The topological polar surface area (TPSA) is 61.4 Å². The van der Waals surface area contributed by atoms with Crippen molar-refractivity contribution in [1.82, 2.24) is 30.0 Å². The molecule has 0 aliphatic heterocycles. The molecule has 0 unspecified atom stereocenters. The van der Waals surface area contributed by atoms with Crippen LogP contribution in [0.3, 0.4) is 0 Å². The summed E-state index contributed by atoms with van der Waals surface area (Å²) >= 11 is 13.4. The highest BCUT2D eigenvalue weighted by atomic mass is 35.5. The molecule has 0 spiro atoms. The molecular weight excluding hydrogens is 331 g/mol. The van der Waals surface area contributed by atoms with Gasteiger partial charge in [-0.25, -0.2) is 0 Å². The lowest BCUT2D eigenvalue weighted by atomic mass is 10.3. The van der Waals surface area contributed by atoms with Crippen LogP contribution in [0.2, 0.25) is 10.2 Å². The molecule has 3 rings (SSSR count). The Labute approximate surface area is 135 Å². The van der Waals surface area contributed by atoms with Crippen molar-refractivity contribution in [2.45, 2.75) is 10.9 Å². The number of benzene rings is 1. The Balaban J connectivity index is 1.79. The molecule has 2 heterocycles. The predicted molar refractivity (Wildman–Crippen MR) is 81.9 cm³/mol. The number of nitrogens with zero attached hydrogens (tertiary/aromatic N) is 6. The Morgan fingerprint density at radius 2 is 2.10 bits per heavy atom. The van der Waals surface area contributed by atoms with E-state index in [-0.39, 0.29) is 0 Å². The van der Waals surface area contributed by atoms with Crippen molar-refractivity contribution in [2.75, 3.05) is 0 Å². The zero-order valence-corrected chi connectivity index (χ0v) is 13.3. The Morgan fingerprint density at radius 1 is 1.24 bits per heavy atom. The highest BCUT2D eigenvalue weighted by Crippen LogP contribution is 2.24. The van der Waals surface area contributed by atoms with Gasteiger partial charge >= 0.3 is 0 Å². The van der Waals surface area contributed by atoms with Gasteiger partial charge in [0.05, 0.1) is 11.4 Å². The van der Waals surface area contributed by atoms with Crippen molar-refractivity contribution in [3.8, 4) is 5.69 Å². The second kappa shape index (κ2) is 6.05. The summed E-state index contributed by atoms with van der Waals surface area (Å²) in [6.07, 6.45) is 0. The van der Waals surface area contributed by atoms with Gasteiger partial charge in [0.25, 0.3) is 0 Å². The highest BCUT2D eigenvalue weighted by Gasteiger charge is 2.11. The third kappa shape index (κ3) is 3.20. The monoisotopic (exact) mass is 340 g/mol. The smallest absolute Gasteiger partial charge is 0.214 e. The summed E-state index contributed by atoms with van der Waals surface area (Å²) in [4.78, 5) is 0. The largest absolute Gasteiger partial charge is 0.257 e. The summed E-state index contributed by atoms with van der Waals surface area (Å²) < 4.78 is 3.26. The van der Waals surface area contributed by atoms with Gasteiger partial charge in [0, 0.05) is 17.8 Å². The number of tetrazole rings is 1. The molecule has 9 heteroatoms. The van der Waals surface area contributed by atoms with Crippen LogP contribution in [0.15, 0.2) is 35.5 Å². The van der Waals surface area contributed by atoms with Crippen LogP contribution < -0.4 is 0 Å². The summed E-state index contributed by atoms with van der Waals surface area (Å²) in [5, 5.41) is 17.9. The lowest BCUT2D eigenvalue weighted by Crippen LogP contribution is -1.99. The molecule has 0 aliphatic carbocycles. The van der Waals surface area contributed by atoms with E-state index in [1.54, 1.807) is 28.5 Å². The Kier molecular flexibility index (Phi) is 4.14. The lowest BCUT2D eigenvalue weighted by Gasteiger charge is -2.03. The molecule has 0 amide bonds. The first-order valence-electron chi connectivity index (χ1n) is 5.99. The third-order valence-corrected chi connectivity index (χ3v) is 4.26. The second-order valence-electron chi connectivity index (χ2n) is 4.22. The van der Waals surface area contributed by atoms with Crippen LogP contribution in [0.4, 0.5) is 0 Å². The molecule has 0 radical (unpaired) electrons. The van der Waals surface area contributed by atoms with Crippen LogP contribution in [0, 0.1) is 0 Å². The molecule has 1 aromatic carbocycles. The van der Waals surface area contributed by atoms with E-state index in [1.165, 1.54) is 11.8 Å². The average Bonchev–Trinajstić information content (AvgIpc) is 3.04. The zero-order valence-electron chi connectivity index (χ0n) is 10.9. The predicted octanol–water partition coefficient (Wildman–Crippen LogP) is 2.99. The number of rotatable bonds is 4. The van der Waals surface area contributed by atoms with E-state index in [2.05, 4.69) is 20.6 Å². The van der Waals surface area contributed by atoms with Gasteiger partial charge in [0.2, 0.25) is 5.16 Å². The van der Waals surface area contributed by atoms with E-state index in [0.717, 1.165) is 11.4 Å². The first kappa shape index (κ1) is 14.4. The van der Waals surface area contributed by atoms with Gasteiger partial charge in [0.1, 0.15) is 5.15 Å². The van der Waals surface area contributed by atoms with E-state index < -0.39 is 0 Å². The maximum Gasteiger partial charge on any atom is 0.214 e. The standard InChI is InChI=1S/C12H10Cl2N6S/c1-19-11(14)6-9(16-19)7-21-12-15-17-18-20(12)10-4-2-3-8(13)5-10/h2-6H,7H2,1H3. The van der Waals surface area contributed by atoms with Crippen molar-refractivity contribution in [1.29, 1.82) is 0 Å². The minimum Gasteiger partial charge on any atom is -0.257 e. The van der Waals surface area contributed by atoms with E-state index in [9.17, 15) is 0 Å². The number of aryl methyl sites for hydroxylation is 1. The van der Waals surface area contributed by atoms with E-state index >= 15 is 0 Å². The number of aromatic nitrogens is 6. The summed E-state index contributed by atoms with van der Waals surface area (Å²) in [6.45, 7) is 0. The molecular formula is C12H10Cl2N6S. The van der Waals surface area contributed by atoms with Crippen LogP contribution in [0.1, 0.15) is 5.69 Å². The van der Waals surface area contributed by atoms with Crippen LogP contribution in [0.25, 0.3) is 5.69 Å². The second-order valence-corrected chi connectivity index (χ2v) is 5.99. The maximum absolute atomic E-state index is 5.99. The number of halogens is 2. The van der Waals surface area contributed by atoms with Crippen molar-refractivity contribution < 1.29 is 0 Å². The molecule has 0 saturated carbocycles. The number of hydrogen-bond acceptors (Lipinski definition) is 5. The zero-order chi connectivity index (χ0) is 14.8. The third-order valence-electron chi connectivity index (χ3n) is 2.72. The van der Waals surface area contributed by atoms with Gasteiger partial charge in [-0.05, 0) is 34.7 Å². The fourth-order valence-corrected chi connectivity index (χ4v) is 2.87. The molecule has 0 saturated heterocycles. The highest BCUT2D eigenvalue weighted by molar-refractivity contribution is 7.98. The molecule has 2 aromatic heterocycles. The number of hydrogen-bond donors (Lipinski definition) is 0. The Bertz CT molecular complexity index is 749. The molecule has 0 N–H and O–H groups in total. The summed E-state index contributed by atoms with van der Waals surface area (Å²) in [5.74, 6) is 0.626. The Hall–Kier alpha value is -1.57. The molecule has 0 fully saturated rings. The summed E-state index contributed by atoms with van der Waals surface area (Å²) in [6, 6.07) is 9.18. The lowest BCUT2D eigenvalue weighted by molar-refractivity contribution is 0.751. The fraction of sp³-hybridized carbons (Fsp3) is 0.167. The van der Waals surface area contributed by atoms with Crippen LogP contribution in [-0.4, -0.2) is 30.0 Å². The molecule has 108 valence electrons. The number of thioether (sulfide) groups is 1. The summed E-state index contributed by atoms with van der Waals surface area (Å²) in [7, 11) is 1.80. The summed E-state index contributed by atoms with van der Waals surface area (Å²) in [5.41, 5.74) is 1.68. The molecule has 0 atom stereocenters. The van der Waals surface area contributed by atoms with Crippen molar-refractivity contribution >= 4 is 35.0 Å². The maximum atomic E-state index is 5.99. The van der Waals surface area contributed by atoms with Gasteiger partial charge in [-0.3, -0.25) is 4.68 Å². The van der Waals surface area contributed by atoms with Crippen LogP contribution in [0.5, 0.6) is 0 Å². The van der Waals surface area contributed by atoms with Gasteiger partial charge in [-0.15, -0.1) is 5.10 Å². The van der Waals surface area contributed by atoms with Gasteiger partial charge in [0.15, 0.2) is 0 Å². The van der Waals surface area contributed by atoms with Crippen LogP contribution >= 0.6 is 35.0 Å². The SMILES string of the molecule is Cn1nc(CSc2nnnn2-c2cccc(Cl)c2)cc1Cl. The average molecular weight is 341 g/mol. The van der Waals surface area contributed by atoms with Crippen LogP contribution in [-0.2, 0) is 12.8 Å². The van der Waals surface area contributed by atoms with Gasteiger partial charge in [-0.1, -0.05) is 41.0 Å². The van der Waals surface area contributed by atoms with E-state index in [0.29, 0.717) is 21.1 Å². The van der Waals surface area contributed by atoms with Crippen molar-refractivity contribution in [2.24, 2.45) is 7.05 Å².